The summed E-state index contributed by atoms with van der Waals surface area (Å²) >= 11 is 0. The summed E-state index contributed by atoms with van der Waals surface area (Å²) in [6.07, 6.45) is 5.13. The lowest BCUT2D eigenvalue weighted by Crippen LogP contribution is -2.40. The number of hydrazine groups is 1. The molecule has 0 bridgehead atoms. The number of hydroxylamine groups is 2. The molecule has 28 heavy (non-hydrogen) atoms. The van der Waals surface area contributed by atoms with Crippen molar-refractivity contribution in [2.24, 2.45) is 5.92 Å². The van der Waals surface area contributed by atoms with E-state index in [1.54, 1.807) is 6.33 Å². The average molecular weight is 395 g/mol. The molecule has 154 valence electrons. The average Bonchev–Trinajstić information content (AvgIpc) is 3.18. The zero-order valence-corrected chi connectivity index (χ0v) is 15.7. The van der Waals surface area contributed by atoms with E-state index in [-0.39, 0.29) is 31.4 Å². The molecule has 2 rings (SSSR count). The van der Waals surface area contributed by atoms with Crippen LogP contribution in [0.4, 0.5) is 11.8 Å². The third-order valence-corrected chi connectivity index (χ3v) is 4.09. The molecule has 0 aliphatic carbocycles. The lowest BCUT2D eigenvalue weighted by molar-refractivity contribution is -0.347. The van der Waals surface area contributed by atoms with Crippen LogP contribution < -0.4 is 21.2 Å². The van der Waals surface area contributed by atoms with Crippen molar-refractivity contribution < 1.29 is 24.9 Å². The molecule has 0 spiro atoms. The second kappa shape index (κ2) is 11.0. The molecule has 2 amide bonds. The van der Waals surface area contributed by atoms with Crippen LogP contribution in [0.2, 0.25) is 0 Å². The molecule has 0 saturated carbocycles. The fraction of sp³-hybridized carbons (Fsp3) is 0.562. The Morgan fingerprint density at radius 1 is 1.43 bits per heavy atom. The van der Waals surface area contributed by atoms with E-state index in [1.165, 1.54) is 0 Å². The van der Waals surface area contributed by atoms with Gasteiger partial charge >= 0.3 is 11.6 Å². The number of hydrogen-bond donors (Lipinski definition) is 6. The number of fused-ring (bicyclic) bond motifs is 1. The van der Waals surface area contributed by atoms with Gasteiger partial charge in [0.15, 0.2) is 12.1 Å². The summed E-state index contributed by atoms with van der Waals surface area (Å²) in [6, 6.07) is 0. The summed E-state index contributed by atoms with van der Waals surface area (Å²) in [5.74, 6) is -0.368. The lowest BCUT2D eigenvalue weighted by atomic mass is 10.0. The lowest BCUT2D eigenvalue weighted by Gasteiger charge is -2.19. The summed E-state index contributed by atoms with van der Waals surface area (Å²) in [7, 11) is 0. The predicted molar refractivity (Wildman–Crippen MR) is 100.0 cm³/mol. The van der Waals surface area contributed by atoms with Gasteiger partial charge < -0.3 is 10.4 Å². The number of H-pyrrole nitrogens is 2. The molecule has 7 N–H and O–H groups in total. The number of amides is 2. The van der Waals surface area contributed by atoms with Crippen molar-refractivity contribution in [2.75, 3.05) is 30.4 Å². The van der Waals surface area contributed by atoms with E-state index < -0.39 is 5.92 Å². The fourth-order valence-electron chi connectivity index (χ4n) is 2.67. The minimum atomic E-state index is -0.580. The predicted octanol–water partition coefficient (Wildman–Crippen LogP) is -0.337. The molecule has 0 saturated heterocycles. The van der Waals surface area contributed by atoms with Gasteiger partial charge in [0.05, 0.1) is 19.1 Å². The quantitative estimate of drug-likeness (QED) is 0.116. The van der Waals surface area contributed by atoms with Crippen LogP contribution in [0.5, 0.6) is 0 Å². The Labute approximate surface area is 161 Å². The van der Waals surface area contributed by atoms with E-state index >= 15 is 0 Å². The summed E-state index contributed by atoms with van der Waals surface area (Å²) in [5.41, 5.74) is 6.32. The van der Waals surface area contributed by atoms with Gasteiger partial charge in [0, 0.05) is 6.54 Å². The highest BCUT2D eigenvalue weighted by atomic mass is 16.5. The number of imidazole rings is 1. The number of unbranched alkanes of at least 4 members (excludes halogenated alkanes) is 2. The van der Waals surface area contributed by atoms with Gasteiger partial charge in [-0.05, 0) is 6.42 Å². The molecule has 2 aromatic rings. The Morgan fingerprint density at radius 3 is 2.96 bits per heavy atom. The van der Waals surface area contributed by atoms with Gasteiger partial charge in [0.25, 0.3) is 0 Å². The molecular formula is C16H27N8O4+. The van der Waals surface area contributed by atoms with Gasteiger partial charge in [-0.15, -0.1) is 0 Å². The van der Waals surface area contributed by atoms with E-state index in [1.807, 2.05) is 6.92 Å². The van der Waals surface area contributed by atoms with Crippen molar-refractivity contribution in [3.8, 4) is 0 Å². The minimum Gasteiger partial charge on any atom is -0.395 e. The first kappa shape index (κ1) is 21.3. The molecule has 2 heterocycles. The third kappa shape index (κ3) is 6.03. The Hall–Kier alpha value is -2.99. The van der Waals surface area contributed by atoms with Crippen LogP contribution in [0.3, 0.4) is 0 Å². The van der Waals surface area contributed by atoms with Crippen LogP contribution in [0.25, 0.3) is 11.2 Å². The highest BCUT2D eigenvalue weighted by Crippen LogP contribution is 2.16. The Kier molecular flexibility index (Phi) is 8.37. The Morgan fingerprint density at radius 2 is 2.25 bits per heavy atom. The van der Waals surface area contributed by atoms with Gasteiger partial charge in [0.1, 0.15) is 0 Å². The molecule has 0 unspecified atom stereocenters. The number of nitrogens with zero attached hydrogens (tertiary/aromatic N) is 3. The fourth-order valence-corrected chi connectivity index (χ4v) is 2.67. The van der Waals surface area contributed by atoms with Crippen LogP contribution in [0.1, 0.15) is 32.6 Å². The first-order valence-corrected chi connectivity index (χ1v) is 9.17. The van der Waals surface area contributed by atoms with Crippen molar-refractivity contribution in [3.05, 3.63) is 6.33 Å². The van der Waals surface area contributed by atoms with Gasteiger partial charge in [0.2, 0.25) is 17.8 Å². The van der Waals surface area contributed by atoms with Crippen molar-refractivity contribution >= 4 is 35.2 Å². The minimum absolute atomic E-state index is 0.0662. The van der Waals surface area contributed by atoms with Crippen LogP contribution in [-0.4, -0.2) is 62.3 Å². The molecule has 0 aliphatic heterocycles. The number of anilines is 2. The summed E-state index contributed by atoms with van der Waals surface area (Å²) in [5, 5.41) is 21.8. The first-order chi connectivity index (χ1) is 13.6. The molecule has 1 atom stereocenters. The van der Waals surface area contributed by atoms with Crippen LogP contribution >= 0.6 is 0 Å². The SMILES string of the molecule is CCCCC[C@H](CN(O)C=O)C(=O)NNc1nc(NCCO)c2[nH]c[nH+]c2n1. The molecule has 12 heteroatoms. The molecular weight excluding hydrogens is 368 g/mol. The number of carbonyl (C=O) groups is 2. The number of aromatic amines is 2. The van der Waals surface area contributed by atoms with Crippen LogP contribution in [-0.2, 0) is 9.59 Å². The molecule has 2 aromatic heterocycles. The van der Waals surface area contributed by atoms with Crippen LogP contribution in [0, 0.1) is 5.92 Å². The molecule has 0 aliphatic rings. The van der Waals surface area contributed by atoms with Gasteiger partial charge in [-0.2, -0.15) is 4.98 Å². The molecule has 0 radical (unpaired) electrons. The molecule has 12 nitrogen and oxygen atoms in total. The van der Waals surface area contributed by atoms with E-state index in [2.05, 4.69) is 36.1 Å². The summed E-state index contributed by atoms with van der Waals surface area (Å²) < 4.78 is 0. The summed E-state index contributed by atoms with van der Waals surface area (Å²) in [4.78, 5) is 37.5. The first-order valence-electron chi connectivity index (χ1n) is 9.17. The Bertz CT molecular complexity index is 768. The smallest absolute Gasteiger partial charge is 0.321 e. The van der Waals surface area contributed by atoms with Gasteiger partial charge in [-0.25, -0.2) is 10.0 Å². The van der Waals surface area contributed by atoms with E-state index in [0.717, 1.165) is 19.3 Å². The number of aliphatic hydroxyl groups is 1. The zero-order valence-electron chi connectivity index (χ0n) is 15.7. The maximum Gasteiger partial charge on any atom is 0.321 e. The highest BCUT2D eigenvalue weighted by Gasteiger charge is 2.22. The maximum absolute atomic E-state index is 12.5. The van der Waals surface area contributed by atoms with Crippen molar-refractivity contribution in [2.45, 2.75) is 32.6 Å². The number of rotatable bonds is 13. The van der Waals surface area contributed by atoms with E-state index in [0.29, 0.717) is 35.0 Å². The zero-order chi connectivity index (χ0) is 20.4. The number of hydrogen-bond acceptors (Lipinski definition) is 8. The number of aliphatic hydroxyl groups excluding tert-OH is 1. The number of nitrogens with one attached hydrogen (secondary N) is 5. The van der Waals surface area contributed by atoms with Crippen LogP contribution in [0.15, 0.2) is 6.33 Å². The molecule has 0 fully saturated rings. The van der Waals surface area contributed by atoms with Crippen molar-refractivity contribution in [1.82, 2.24) is 25.4 Å². The second-order valence-corrected chi connectivity index (χ2v) is 6.24. The largest absolute Gasteiger partial charge is 0.395 e. The van der Waals surface area contributed by atoms with Gasteiger partial charge in [-0.1, -0.05) is 31.2 Å². The third-order valence-electron chi connectivity index (χ3n) is 4.09. The molecule has 0 aromatic carbocycles. The maximum atomic E-state index is 12.5. The van der Waals surface area contributed by atoms with Crippen molar-refractivity contribution in [3.63, 3.8) is 0 Å². The number of aromatic nitrogens is 4. The standard InChI is InChI=1S/C16H26N8O4/c1-2-3-4-5-11(8-24(28)10-26)15(27)22-23-16-20-13(17-6-7-25)12-14(21-16)19-9-18-12/h9-11,25,28H,2-8H2,1H3,(H,22,27)(H3,17,18,19,20,21,23)/p+1/t11-/m1/s1. The second-order valence-electron chi connectivity index (χ2n) is 6.24. The monoisotopic (exact) mass is 395 g/mol. The number of carbonyl (C=O) groups excluding carboxylic acids is 2. The van der Waals surface area contributed by atoms with E-state index in [9.17, 15) is 14.8 Å². The normalized spacial score (nSPS) is 11.8. The summed E-state index contributed by atoms with van der Waals surface area (Å²) in [6.45, 7) is 2.18. The van der Waals surface area contributed by atoms with Gasteiger partial charge in [-0.3, -0.25) is 30.6 Å². The van der Waals surface area contributed by atoms with Crippen molar-refractivity contribution in [1.29, 1.82) is 0 Å². The highest BCUT2D eigenvalue weighted by molar-refractivity contribution is 5.82. The van der Waals surface area contributed by atoms with E-state index in [4.69, 9.17) is 5.11 Å². The Balaban J connectivity index is 2.04. The topological polar surface area (TPSA) is 170 Å².